The van der Waals surface area contributed by atoms with E-state index < -0.39 is 5.82 Å². The molecule has 18 heavy (non-hydrogen) atoms. The molecule has 2 aromatic rings. The highest BCUT2D eigenvalue weighted by Crippen LogP contribution is 2.20. The van der Waals surface area contributed by atoms with E-state index >= 15 is 0 Å². The van der Waals surface area contributed by atoms with Gasteiger partial charge in [0, 0.05) is 18.9 Å². The lowest BCUT2D eigenvalue weighted by Crippen LogP contribution is -2.12. The predicted molar refractivity (Wildman–Crippen MR) is 67.3 cm³/mol. The van der Waals surface area contributed by atoms with Crippen LogP contribution < -0.4 is 5.32 Å². The average Bonchev–Trinajstić information content (AvgIpc) is 2.63. The monoisotopic (exact) mass is 267 g/mol. The molecule has 0 atom stereocenters. The number of hydrogen-bond acceptors (Lipinski definition) is 2. The van der Waals surface area contributed by atoms with Crippen LogP contribution in [0.3, 0.4) is 0 Å². The number of aryl methyl sites for hydroxylation is 2. The number of hydrogen-bond donors (Lipinski definition) is 1. The largest absolute Gasteiger partial charge is 0.322 e. The van der Waals surface area contributed by atoms with Crippen LogP contribution in [0.1, 0.15) is 16.1 Å². The first-order chi connectivity index (χ1) is 8.47. The highest BCUT2D eigenvalue weighted by Gasteiger charge is 2.13. The Morgan fingerprint density at radius 2 is 2.22 bits per heavy atom. The second-order valence-corrected chi connectivity index (χ2v) is 4.29. The molecule has 0 radical (unpaired) electrons. The molecule has 0 unspecified atom stereocenters. The average molecular weight is 268 g/mol. The second kappa shape index (κ2) is 4.78. The van der Waals surface area contributed by atoms with E-state index in [-0.39, 0.29) is 10.9 Å². The summed E-state index contributed by atoms with van der Waals surface area (Å²) < 4.78 is 14.5. The number of carbonyl (C=O) groups excluding carboxylic acids is 1. The molecule has 0 bridgehead atoms. The zero-order chi connectivity index (χ0) is 13.3. The maximum atomic E-state index is 13.0. The zero-order valence-electron chi connectivity index (χ0n) is 9.87. The molecule has 0 spiro atoms. The number of aromatic nitrogens is 2. The normalized spacial score (nSPS) is 10.4. The highest BCUT2D eigenvalue weighted by molar-refractivity contribution is 6.31. The van der Waals surface area contributed by atoms with Crippen molar-refractivity contribution in [1.29, 1.82) is 0 Å². The van der Waals surface area contributed by atoms with Gasteiger partial charge in [-0.25, -0.2) is 4.39 Å². The van der Waals surface area contributed by atoms with Crippen LogP contribution in [0, 0.1) is 12.7 Å². The number of nitrogens with one attached hydrogen (secondary N) is 1. The van der Waals surface area contributed by atoms with Crippen LogP contribution in [0.2, 0.25) is 5.02 Å². The van der Waals surface area contributed by atoms with Crippen LogP contribution >= 0.6 is 11.6 Å². The van der Waals surface area contributed by atoms with Crippen LogP contribution in [0.25, 0.3) is 0 Å². The van der Waals surface area contributed by atoms with Crippen molar-refractivity contribution in [2.75, 3.05) is 5.32 Å². The summed E-state index contributed by atoms with van der Waals surface area (Å²) in [6, 6.07) is 4.01. The second-order valence-electron chi connectivity index (χ2n) is 3.88. The minimum atomic E-state index is -0.521. The summed E-state index contributed by atoms with van der Waals surface area (Å²) in [6.45, 7) is 1.74. The van der Waals surface area contributed by atoms with Crippen LogP contribution in [-0.4, -0.2) is 15.7 Å². The quantitative estimate of drug-likeness (QED) is 0.909. The molecular formula is C12H11ClFN3O. The fraction of sp³-hybridized carbons (Fsp3) is 0.167. The van der Waals surface area contributed by atoms with E-state index in [0.717, 1.165) is 0 Å². The Morgan fingerprint density at radius 3 is 2.78 bits per heavy atom. The molecule has 94 valence electrons. The van der Waals surface area contributed by atoms with Gasteiger partial charge in [-0.1, -0.05) is 11.6 Å². The summed E-state index contributed by atoms with van der Waals surface area (Å²) in [6.07, 6.45) is 1.62. The Hall–Kier alpha value is -1.88. The van der Waals surface area contributed by atoms with Gasteiger partial charge in [-0.2, -0.15) is 5.10 Å². The number of halogens is 2. The first-order valence-corrected chi connectivity index (χ1v) is 5.62. The molecule has 6 heteroatoms. The van der Waals surface area contributed by atoms with E-state index in [2.05, 4.69) is 10.4 Å². The molecule has 0 saturated heterocycles. The van der Waals surface area contributed by atoms with E-state index in [1.54, 1.807) is 24.9 Å². The van der Waals surface area contributed by atoms with Gasteiger partial charge < -0.3 is 5.32 Å². The molecule has 0 aliphatic carbocycles. The van der Waals surface area contributed by atoms with Crippen molar-refractivity contribution in [2.24, 2.45) is 7.05 Å². The van der Waals surface area contributed by atoms with Gasteiger partial charge in [0.2, 0.25) is 0 Å². The Balaban J connectivity index is 2.21. The molecule has 0 saturated carbocycles. The number of benzene rings is 1. The number of amides is 1. The van der Waals surface area contributed by atoms with E-state index in [1.165, 1.54) is 18.2 Å². The Labute approximate surface area is 108 Å². The third-order valence-electron chi connectivity index (χ3n) is 2.44. The van der Waals surface area contributed by atoms with Gasteiger partial charge in [0.25, 0.3) is 5.91 Å². The molecule has 1 heterocycles. The minimum absolute atomic E-state index is 0.0318. The Bertz CT molecular complexity index is 609. The van der Waals surface area contributed by atoms with Gasteiger partial charge in [-0.15, -0.1) is 0 Å². The van der Waals surface area contributed by atoms with Crippen molar-refractivity contribution in [2.45, 2.75) is 6.92 Å². The van der Waals surface area contributed by atoms with Gasteiger partial charge in [-0.05, 0) is 25.1 Å². The summed E-state index contributed by atoms with van der Waals surface area (Å²) in [5.74, 6) is -0.824. The maximum Gasteiger partial charge on any atom is 0.259 e. The first kappa shape index (κ1) is 12.6. The Kier molecular flexibility index (Phi) is 3.34. The Morgan fingerprint density at radius 1 is 1.50 bits per heavy atom. The summed E-state index contributed by atoms with van der Waals surface area (Å²) in [5.41, 5.74) is 1.54. The number of carbonyl (C=O) groups is 1. The summed E-state index contributed by atoms with van der Waals surface area (Å²) in [7, 11) is 1.73. The van der Waals surface area contributed by atoms with Gasteiger partial charge in [-0.3, -0.25) is 9.48 Å². The van der Waals surface area contributed by atoms with E-state index in [0.29, 0.717) is 16.9 Å². The lowest BCUT2D eigenvalue weighted by molar-refractivity contribution is 0.102. The van der Waals surface area contributed by atoms with E-state index in [9.17, 15) is 9.18 Å². The molecule has 1 aromatic carbocycles. The van der Waals surface area contributed by atoms with Crippen molar-refractivity contribution >= 4 is 23.2 Å². The molecule has 1 aromatic heterocycles. The maximum absolute atomic E-state index is 13.0. The molecule has 2 rings (SSSR count). The lowest BCUT2D eigenvalue weighted by atomic mass is 10.2. The predicted octanol–water partition coefficient (Wildman–Crippen LogP) is 2.77. The van der Waals surface area contributed by atoms with Gasteiger partial charge in [0.05, 0.1) is 16.3 Å². The van der Waals surface area contributed by atoms with Gasteiger partial charge in [0.1, 0.15) is 5.82 Å². The topological polar surface area (TPSA) is 46.9 Å². The SMILES string of the molecule is Cc1nn(C)cc1C(=O)Nc1ccc(F)c(Cl)c1. The van der Waals surface area contributed by atoms with Crippen molar-refractivity contribution in [3.63, 3.8) is 0 Å². The van der Waals surface area contributed by atoms with E-state index in [1.807, 2.05) is 0 Å². The fourth-order valence-electron chi connectivity index (χ4n) is 1.59. The first-order valence-electron chi connectivity index (χ1n) is 5.24. The third kappa shape index (κ3) is 2.51. The lowest BCUT2D eigenvalue weighted by Gasteiger charge is -2.04. The molecule has 0 aliphatic heterocycles. The van der Waals surface area contributed by atoms with Crippen molar-refractivity contribution in [3.8, 4) is 0 Å². The standard InChI is InChI=1S/C12H11ClFN3O/c1-7-9(6-17(2)16-7)12(18)15-8-3-4-11(14)10(13)5-8/h3-6H,1-2H3,(H,15,18). The third-order valence-corrected chi connectivity index (χ3v) is 2.73. The fourth-order valence-corrected chi connectivity index (χ4v) is 1.78. The van der Waals surface area contributed by atoms with E-state index in [4.69, 9.17) is 11.6 Å². The highest BCUT2D eigenvalue weighted by atomic mass is 35.5. The molecule has 1 N–H and O–H groups in total. The number of anilines is 1. The molecule has 0 fully saturated rings. The summed E-state index contributed by atoms with van der Waals surface area (Å²) in [5, 5.41) is 6.68. The van der Waals surface area contributed by atoms with Crippen LogP contribution in [0.15, 0.2) is 24.4 Å². The zero-order valence-corrected chi connectivity index (χ0v) is 10.6. The minimum Gasteiger partial charge on any atom is -0.322 e. The summed E-state index contributed by atoms with van der Waals surface area (Å²) >= 11 is 5.64. The number of rotatable bonds is 2. The molecular weight excluding hydrogens is 257 g/mol. The van der Waals surface area contributed by atoms with Crippen molar-refractivity contribution < 1.29 is 9.18 Å². The van der Waals surface area contributed by atoms with Gasteiger partial charge in [0.15, 0.2) is 0 Å². The molecule has 4 nitrogen and oxygen atoms in total. The van der Waals surface area contributed by atoms with Crippen LogP contribution in [-0.2, 0) is 7.05 Å². The molecule has 1 amide bonds. The van der Waals surface area contributed by atoms with Crippen LogP contribution in [0.4, 0.5) is 10.1 Å². The summed E-state index contributed by atoms with van der Waals surface area (Å²) in [4.78, 5) is 11.9. The smallest absolute Gasteiger partial charge is 0.259 e. The van der Waals surface area contributed by atoms with Crippen molar-refractivity contribution in [1.82, 2.24) is 9.78 Å². The van der Waals surface area contributed by atoms with Crippen molar-refractivity contribution in [3.05, 3.63) is 46.5 Å². The van der Waals surface area contributed by atoms with Gasteiger partial charge >= 0.3 is 0 Å². The van der Waals surface area contributed by atoms with Crippen LogP contribution in [0.5, 0.6) is 0 Å². The molecule has 0 aliphatic rings. The number of nitrogens with zero attached hydrogens (tertiary/aromatic N) is 2.